The number of fused-ring (bicyclic) bond motifs is 1. The summed E-state index contributed by atoms with van der Waals surface area (Å²) in [5, 5.41) is 1.08. The number of hydrogen-bond donors (Lipinski definition) is 0. The zero-order valence-electron chi connectivity index (χ0n) is 15.8. The molecule has 0 bridgehead atoms. The molecule has 2 aliphatic carbocycles. The molecule has 136 valence electrons. The third-order valence-electron chi connectivity index (χ3n) is 6.23. The van der Waals surface area contributed by atoms with Crippen LogP contribution >= 0.6 is 0 Å². The van der Waals surface area contributed by atoms with Crippen molar-refractivity contribution in [1.29, 1.82) is 0 Å². The summed E-state index contributed by atoms with van der Waals surface area (Å²) in [6.45, 7) is 7.03. The van der Waals surface area contributed by atoms with Crippen LogP contribution < -0.4 is 4.46 Å². The van der Waals surface area contributed by atoms with E-state index in [1.807, 2.05) is 0 Å². The zero-order valence-corrected chi connectivity index (χ0v) is 17.5. The van der Waals surface area contributed by atoms with Crippen molar-refractivity contribution in [3.63, 3.8) is 0 Å². The molecule has 2 aliphatic rings. The van der Waals surface area contributed by atoms with Crippen molar-refractivity contribution in [1.82, 2.24) is 0 Å². The number of esters is 1. The van der Waals surface area contributed by atoms with E-state index >= 15 is 0 Å². The first-order valence-electron chi connectivity index (χ1n) is 9.31. The van der Waals surface area contributed by atoms with Crippen molar-refractivity contribution in [3.8, 4) is 0 Å². The molecule has 25 heavy (non-hydrogen) atoms. The molecule has 0 saturated heterocycles. The van der Waals surface area contributed by atoms with Crippen LogP contribution in [0.15, 0.2) is 42.5 Å². The van der Waals surface area contributed by atoms with Gasteiger partial charge < -0.3 is 0 Å². The molecule has 1 fully saturated rings. The molecule has 1 aromatic carbocycles. The van der Waals surface area contributed by atoms with Gasteiger partial charge in [-0.25, -0.2) is 0 Å². The first-order chi connectivity index (χ1) is 11.9. The molecular formula is C22H30O2Se. The maximum atomic E-state index is 12.6. The van der Waals surface area contributed by atoms with Crippen LogP contribution in [0.2, 0.25) is 5.32 Å². The van der Waals surface area contributed by atoms with Crippen molar-refractivity contribution in [3.05, 3.63) is 42.5 Å². The normalized spacial score (nSPS) is 30.9. The molecular weight excluding hydrogens is 375 g/mol. The van der Waals surface area contributed by atoms with E-state index in [-0.39, 0.29) is 17.3 Å². The molecule has 0 amide bonds. The Hall–Kier alpha value is -1.05. The van der Waals surface area contributed by atoms with Crippen LogP contribution in [0.1, 0.15) is 40.0 Å². The van der Waals surface area contributed by atoms with Crippen LogP contribution in [0, 0.1) is 28.6 Å². The van der Waals surface area contributed by atoms with Gasteiger partial charge in [-0.05, 0) is 0 Å². The number of rotatable bonds is 6. The Balaban J connectivity index is 1.72. The molecule has 0 radical (unpaired) electrons. The van der Waals surface area contributed by atoms with Gasteiger partial charge in [-0.3, -0.25) is 0 Å². The van der Waals surface area contributed by atoms with E-state index in [1.165, 1.54) is 24.4 Å². The van der Waals surface area contributed by atoms with E-state index in [0.29, 0.717) is 32.2 Å². The SMILES string of the molecule is COC(=O)C(CC[Se]c1ccccc1)[C@]1(C)C=C[C@H]2CC(C)(C)C[C@H]21. The quantitative estimate of drug-likeness (QED) is 0.402. The second kappa shape index (κ2) is 7.29. The Morgan fingerprint density at radius 2 is 1.96 bits per heavy atom. The average molecular weight is 405 g/mol. The summed E-state index contributed by atoms with van der Waals surface area (Å²) in [5.41, 5.74) is 0.328. The third-order valence-corrected chi connectivity index (χ3v) is 8.43. The molecule has 0 aliphatic heterocycles. The van der Waals surface area contributed by atoms with Crippen LogP contribution in [0.3, 0.4) is 0 Å². The number of methoxy groups -OCH3 is 1. The van der Waals surface area contributed by atoms with Crippen LogP contribution in [-0.2, 0) is 9.53 Å². The fraction of sp³-hybridized carbons (Fsp3) is 0.591. The first kappa shape index (κ1) is 18.7. The molecule has 4 atom stereocenters. The number of ether oxygens (including phenoxy) is 1. The van der Waals surface area contributed by atoms with Gasteiger partial charge in [0.15, 0.2) is 0 Å². The van der Waals surface area contributed by atoms with Crippen molar-refractivity contribution in [2.24, 2.45) is 28.6 Å². The van der Waals surface area contributed by atoms with Crippen LogP contribution in [0.4, 0.5) is 0 Å². The molecule has 3 rings (SSSR count). The molecule has 0 aromatic heterocycles. The summed E-state index contributed by atoms with van der Waals surface area (Å²) < 4.78 is 6.64. The molecule has 1 aromatic rings. The van der Waals surface area contributed by atoms with Gasteiger partial charge in [0, 0.05) is 0 Å². The summed E-state index contributed by atoms with van der Waals surface area (Å²) in [6, 6.07) is 10.6. The molecule has 0 spiro atoms. The Labute approximate surface area is 158 Å². The average Bonchev–Trinajstić information content (AvgIpc) is 3.06. The van der Waals surface area contributed by atoms with E-state index in [4.69, 9.17) is 4.74 Å². The number of hydrogen-bond acceptors (Lipinski definition) is 2. The zero-order chi connectivity index (χ0) is 18.1. The van der Waals surface area contributed by atoms with E-state index in [0.717, 1.165) is 11.7 Å². The van der Waals surface area contributed by atoms with E-state index in [2.05, 4.69) is 63.3 Å². The fourth-order valence-corrected chi connectivity index (χ4v) is 6.93. The number of carbonyl (C=O) groups excluding carboxylic acids is 1. The number of allylic oxidation sites excluding steroid dienone is 2. The van der Waals surface area contributed by atoms with Gasteiger partial charge in [0.25, 0.3) is 0 Å². The van der Waals surface area contributed by atoms with Gasteiger partial charge in [0.05, 0.1) is 0 Å². The van der Waals surface area contributed by atoms with E-state index in [9.17, 15) is 4.79 Å². The van der Waals surface area contributed by atoms with Gasteiger partial charge >= 0.3 is 158 Å². The molecule has 0 N–H and O–H groups in total. The predicted molar refractivity (Wildman–Crippen MR) is 104 cm³/mol. The minimum atomic E-state index is -0.0572. The third kappa shape index (κ3) is 3.88. The van der Waals surface area contributed by atoms with Crippen molar-refractivity contribution in [2.45, 2.75) is 45.4 Å². The standard InChI is InChI=1S/C22H30O2Se/c1-21(2)14-16-10-12-22(3,19(16)15-21)18(20(23)24-4)11-13-25-17-8-6-5-7-9-17/h5-10,12,16,18-19H,11,13-15H2,1-4H3/t16-,18?,19+,22-/m0/s1. The number of benzene rings is 1. The summed E-state index contributed by atoms with van der Waals surface area (Å²) in [6.07, 6.45) is 8.10. The van der Waals surface area contributed by atoms with Crippen molar-refractivity contribution < 1.29 is 9.53 Å². The second-order valence-electron chi connectivity index (χ2n) is 8.59. The summed E-state index contributed by atoms with van der Waals surface area (Å²) in [5.74, 6) is 1.16. The Morgan fingerprint density at radius 1 is 1.24 bits per heavy atom. The van der Waals surface area contributed by atoms with Gasteiger partial charge in [-0.1, -0.05) is 0 Å². The summed E-state index contributed by atoms with van der Waals surface area (Å²) in [4.78, 5) is 12.6. The fourth-order valence-electron chi connectivity index (χ4n) is 4.96. The number of carbonyl (C=O) groups is 1. The molecule has 2 nitrogen and oxygen atoms in total. The minimum absolute atomic E-state index is 0.0248. The summed E-state index contributed by atoms with van der Waals surface area (Å²) >= 11 is 0.417. The van der Waals surface area contributed by atoms with Crippen molar-refractivity contribution in [2.75, 3.05) is 7.11 Å². The van der Waals surface area contributed by atoms with E-state index < -0.39 is 0 Å². The molecule has 1 unspecified atom stereocenters. The molecule has 0 heterocycles. The van der Waals surface area contributed by atoms with Crippen LogP contribution in [0.5, 0.6) is 0 Å². The van der Waals surface area contributed by atoms with Crippen LogP contribution in [0.25, 0.3) is 0 Å². The predicted octanol–water partition coefficient (Wildman–Crippen LogP) is 4.24. The first-order valence-corrected chi connectivity index (χ1v) is 11.4. The van der Waals surface area contributed by atoms with E-state index in [1.54, 1.807) is 0 Å². The van der Waals surface area contributed by atoms with Gasteiger partial charge in [0.1, 0.15) is 0 Å². The summed E-state index contributed by atoms with van der Waals surface area (Å²) in [7, 11) is 1.54. The van der Waals surface area contributed by atoms with Gasteiger partial charge in [-0.15, -0.1) is 0 Å². The second-order valence-corrected chi connectivity index (χ2v) is 11.0. The molecule has 1 saturated carbocycles. The van der Waals surface area contributed by atoms with Gasteiger partial charge in [0.2, 0.25) is 0 Å². The Bertz CT molecular complexity index is 637. The molecule has 3 heteroatoms. The Kier molecular flexibility index (Phi) is 5.46. The Morgan fingerprint density at radius 3 is 2.64 bits per heavy atom. The van der Waals surface area contributed by atoms with Crippen LogP contribution in [-0.4, -0.2) is 28.0 Å². The monoisotopic (exact) mass is 406 g/mol. The van der Waals surface area contributed by atoms with Gasteiger partial charge in [-0.2, -0.15) is 0 Å². The maximum absolute atomic E-state index is 12.6. The van der Waals surface area contributed by atoms with Crippen molar-refractivity contribution >= 4 is 25.4 Å². The topological polar surface area (TPSA) is 26.3 Å².